The molecule has 8 nitrogen and oxygen atoms in total. The van der Waals surface area contributed by atoms with Crippen molar-refractivity contribution in [1.29, 1.82) is 0 Å². The first-order chi connectivity index (χ1) is 13.0. The summed E-state index contributed by atoms with van der Waals surface area (Å²) in [5.41, 5.74) is 0.629. The summed E-state index contributed by atoms with van der Waals surface area (Å²) in [7, 11) is 0. The maximum absolute atomic E-state index is 13.0. The molecule has 3 heterocycles. The number of carbonyl (C=O) groups excluding carboxylic acids is 1. The van der Waals surface area contributed by atoms with Gasteiger partial charge in [-0.05, 0) is 44.7 Å². The van der Waals surface area contributed by atoms with Crippen molar-refractivity contribution in [3.05, 3.63) is 27.7 Å². The molecule has 2 aromatic rings. The number of aromatic hydroxyl groups is 1. The monoisotopic (exact) mass is 373 g/mol. The predicted octanol–water partition coefficient (Wildman–Crippen LogP) is 1.22. The second-order valence-electron chi connectivity index (χ2n) is 8.12. The minimum absolute atomic E-state index is 0.105. The Balaban J connectivity index is 1.85. The molecule has 0 aromatic carbocycles. The van der Waals surface area contributed by atoms with Crippen molar-refractivity contribution in [2.75, 3.05) is 13.1 Å². The van der Waals surface area contributed by atoms with E-state index in [0.29, 0.717) is 12.2 Å². The minimum atomic E-state index is -0.555. The van der Waals surface area contributed by atoms with Gasteiger partial charge in [-0.3, -0.25) is 14.2 Å². The SMILES string of the molecule is CC(C)Cn1c(O)c(C(=O)NC2CC2)c(=O)n2nc(C3CCNCC3)cc12. The molecule has 4 rings (SSSR count). The van der Waals surface area contributed by atoms with Crippen LogP contribution in [0, 0.1) is 5.92 Å². The molecule has 1 saturated carbocycles. The van der Waals surface area contributed by atoms with Crippen molar-refractivity contribution in [2.24, 2.45) is 5.92 Å². The Hall–Kier alpha value is -2.35. The second kappa shape index (κ2) is 6.99. The molecule has 0 atom stereocenters. The van der Waals surface area contributed by atoms with Crippen molar-refractivity contribution in [3.8, 4) is 5.88 Å². The lowest BCUT2D eigenvalue weighted by molar-refractivity contribution is 0.0944. The van der Waals surface area contributed by atoms with Gasteiger partial charge in [-0.1, -0.05) is 13.8 Å². The number of carbonyl (C=O) groups is 1. The molecule has 0 bridgehead atoms. The second-order valence-corrected chi connectivity index (χ2v) is 8.12. The normalized spacial score (nSPS) is 18.3. The first kappa shape index (κ1) is 18.0. The fraction of sp³-hybridized carbons (Fsp3) is 0.632. The van der Waals surface area contributed by atoms with Crippen LogP contribution in [0.3, 0.4) is 0 Å². The number of hydrogen-bond acceptors (Lipinski definition) is 5. The van der Waals surface area contributed by atoms with E-state index in [2.05, 4.69) is 15.7 Å². The molecule has 2 fully saturated rings. The van der Waals surface area contributed by atoms with Crippen LogP contribution in [0.1, 0.15) is 61.5 Å². The van der Waals surface area contributed by atoms with Crippen LogP contribution in [0.5, 0.6) is 5.88 Å². The van der Waals surface area contributed by atoms with Gasteiger partial charge in [0.25, 0.3) is 11.5 Å². The van der Waals surface area contributed by atoms with Crippen molar-refractivity contribution in [3.63, 3.8) is 0 Å². The van der Waals surface area contributed by atoms with Crippen LogP contribution >= 0.6 is 0 Å². The summed E-state index contributed by atoms with van der Waals surface area (Å²) in [5.74, 6) is -0.267. The zero-order valence-corrected chi connectivity index (χ0v) is 15.9. The summed E-state index contributed by atoms with van der Waals surface area (Å²) in [6, 6.07) is 2.00. The summed E-state index contributed by atoms with van der Waals surface area (Å²) in [5, 5.41) is 21.5. The summed E-state index contributed by atoms with van der Waals surface area (Å²) in [6.45, 7) is 6.41. The Bertz CT molecular complexity index is 920. The van der Waals surface area contributed by atoms with E-state index < -0.39 is 11.5 Å². The number of fused-ring (bicyclic) bond motifs is 1. The molecule has 27 heavy (non-hydrogen) atoms. The number of piperidine rings is 1. The summed E-state index contributed by atoms with van der Waals surface area (Å²) >= 11 is 0. The number of amides is 1. The zero-order chi connectivity index (χ0) is 19.1. The molecular formula is C19H27N5O3. The number of aromatic nitrogens is 3. The first-order valence-electron chi connectivity index (χ1n) is 9.82. The van der Waals surface area contributed by atoms with Crippen LogP contribution in [0.15, 0.2) is 10.9 Å². The van der Waals surface area contributed by atoms with Gasteiger partial charge in [0.05, 0.1) is 5.69 Å². The van der Waals surface area contributed by atoms with Crippen LogP contribution in [0.4, 0.5) is 0 Å². The van der Waals surface area contributed by atoms with Crippen LogP contribution in [-0.2, 0) is 6.54 Å². The molecule has 1 aliphatic heterocycles. The molecular weight excluding hydrogens is 346 g/mol. The number of nitrogens with one attached hydrogen (secondary N) is 2. The molecule has 8 heteroatoms. The Kier molecular flexibility index (Phi) is 4.67. The van der Waals surface area contributed by atoms with E-state index in [-0.39, 0.29) is 29.3 Å². The third-order valence-electron chi connectivity index (χ3n) is 5.32. The molecule has 2 aromatic heterocycles. The van der Waals surface area contributed by atoms with Gasteiger partial charge in [0.15, 0.2) is 5.56 Å². The molecule has 1 saturated heterocycles. The first-order valence-corrected chi connectivity index (χ1v) is 9.82. The predicted molar refractivity (Wildman–Crippen MR) is 101 cm³/mol. The van der Waals surface area contributed by atoms with Gasteiger partial charge in [-0.2, -0.15) is 9.61 Å². The minimum Gasteiger partial charge on any atom is -0.494 e. The van der Waals surface area contributed by atoms with Gasteiger partial charge < -0.3 is 15.7 Å². The van der Waals surface area contributed by atoms with Gasteiger partial charge in [-0.25, -0.2) is 0 Å². The van der Waals surface area contributed by atoms with Crippen LogP contribution in [0.25, 0.3) is 5.65 Å². The van der Waals surface area contributed by atoms with Crippen molar-refractivity contribution < 1.29 is 9.90 Å². The molecule has 0 spiro atoms. The number of hydrogen-bond donors (Lipinski definition) is 3. The molecule has 1 aliphatic carbocycles. The average Bonchev–Trinajstić information content (AvgIpc) is 3.33. The summed E-state index contributed by atoms with van der Waals surface area (Å²) < 4.78 is 2.94. The highest BCUT2D eigenvalue weighted by Gasteiger charge is 2.30. The Morgan fingerprint density at radius 2 is 2.04 bits per heavy atom. The maximum Gasteiger partial charge on any atom is 0.291 e. The van der Waals surface area contributed by atoms with E-state index in [9.17, 15) is 14.7 Å². The molecule has 1 amide bonds. The van der Waals surface area contributed by atoms with E-state index in [1.807, 2.05) is 19.9 Å². The molecule has 146 valence electrons. The van der Waals surface area contributed by atoms with E-state index in [4.69, 9.17) is 0 Å². The summed E-state index contributed by atoms with van der Waals surface area (Å²) in [6.07, 6.45) is 3.75. The van der Waals surface area contributed by atoms with E-state index in [1.165, 1.54) is 4.52 Å². The van der Waals surface area contributed by atoms with Gasteiger partial charge in [0.2, 0.25) is 5.88 Å². The third-order valence-corrected chi connectivity index (χ3v) is 5.32. The van der Waals surface area contributed by atoms with E-state index in [1.54, 1.807) is 4.57 Å². The lowest BCUT2D eigenvalue weighted by Crippen LogP contribution is -2.34. The Labute approximate surface area is 157 Å². The topological polar surface area (TPSA) is 101 Å². The highest BCUT2D eigenvalue weighted by molar-refractivity contribution is 5.96. The lowest BCUT2D eigenvalue weighted by Gasteiger charge is -2.20. The molecule has 0 radical (unpaired) electrons. The number of nitrogens with zero attached hydrogens (tertiary/aromatic N) is 3. The van der Waals surface area contributed by atoms with Crippen LogP contribution in [0.2, 0.25) is 0 Å². The van der Waals surface area contributed by atoms with Crippen molar-refractivity contribution >= 4 is 11.6 Å². The fourth-order valence-electron chi connectivity index (χ4n) is 3.72. The van der Waals surface area contributed by atoms with Crippen molar-refractivity contribution in [2.45, 2.75) is 58.0 Å². The quantitative estimate of drug-likeness (QED) is 0.732. The standard InChI is InChI=1S/C19H27N5O3/c1-11(2)10-23-15-9-14(12-5-7-20-8-6-12)22-24(15)19(27)16(18(23)26)17(25)21-13-3-4-13/h9,11-13,20,26H,3-8,10H2,1-2H3,(H,21,25). The van der Waals surface area contributed by atoms with Crippen LogP contribution < -0.4 is 16.2 Å². The van der Waals surface area contributed by atoms with Gasteiger partial charge in [-0.15, -0.1) is 0 Å². The zero-order valence-electron chi connectivity index (χ0n) is 15.9. The van der Waals surface area contributed by atoms with Crippen LogP contribution in [-0.4, -0.2) is 44.3 Å². The highest BCUT2D eigenvalue weighted by Crippen LogP contribution is 2.27. The van der Waals surface area contributed by atoms with E-state index >= 15 is 0 Å². The van der Waals surface area contributed by atoms with Gasteiger partial charge in [0, 0.05) is 24.6 Å². The smallest absolute Gasteiger partial charge is 0.291 e. The lowest BCUT2D eigenvalue weighted by atomic mass is 9.95. The van der Waals surface area contributed by atoms with E-state index in [0.717, 1.165) is 44.5 Å². The molecule has 2 aliphatic rings. The van der Waals surface area contributed by atoms with Crippen molar-refractivity contribution in [1.82, 2.24) is 24.8 Å². The van der Waals surface area contributed by atoms with Gasteiger partial charge >= 0.3 is 0 Å². The fourth-order valence-corrected chi connectivity index (χ4v) is 3.72. The third kappa shape index (κ3) is 3.45. The Morgan fingerprint density at radius 1 is 1.33 bits per heavy atom. The van der Waals surface area contributed by atoms with Gasteiger partial charge in [0.1, 0.15) is 5.65 Å². The highest BCUT2D eigenvalue weighted by atomic mass is 16.3. The average molecular weight is 373 g/mol. The summed E-state index contributed by atoms with van der Waals surface area (Å²) in [4.78, 5) is 25.6. The number of rotatable bonds is 5. The molecule has 0 unspecified atom stereocenters. The largest absolute Gasteiger partial charge is 0.494 e. The Morgan fingerprint density at radius 3 is 2.67 bits per heavy atom. The maximum atomic E-state index is 13.0. The molecule has 3 N–H and O–H groups in total.